The molecule has 0 bridgehead atoms. The summed E-state index contributed by atoms with van der Waals surface area (Å²) in [4.78, 5) is 38.6. The Hall–Kier alpha value is -3.41. The molecule has 0 saturated heterocycles. The third-order valence-electron chi connectivity index (χ3n) is 4.86. The van der Waals surface area contributed by atoms with Gasteiger partial charge in [-0.1, -0.05) is 49.4 Å². The zero-order valence-corrected chi connectivity index (χ0v) is 16.4. The molecule has 1 amide bonds. The maximum atomic E-state index is 12.8. The highest BCUT2D eigenvalue weighted by Crippen LogP contribution is 2.39. The third kappa shape index (κ3) is 4.06. The molecule has 0 fully saturated rings. The number of aliphatic hydroxyl groups is 1. The Balaban J connectivity index is 1.92. The minimum absolute atomic E-state index is 0.131. The van der Waals surface area contributed by atoms with E-state index in [2.05, 4.69) is 0 Å². The van der Waals surface area contributed by atoms with Crippen molar-refractivity contribution in [3.05, 3.63) is 82.6 Å². The van der Waals surface area contributed by atoms with Crippen molar-refractivity contribution in [1.29, 1.82) is 0 Å². The van der Waals surface area contributed by atoms with Crippen molar-refractivity contribution >= 4 is 17.7 Å². The maximum Gasteiger partial charge on any atom is 0.338 e. The molecule has 6 heteroatoms. The van der Waals surface area contributed by atoms with Gasteiger partial charge in [-0.25, -0.2) is 4.79 Å². The highest BCUT2D eigenvalue weighted by atomic mass is 16.5. The Morgan fingerprint density at radius 2 is 1.69 bits per heavy atom. The summed E-state index contributed by atoms with van der Waals surface area (Å²) in [5.74, 6) is -1.74. The first-order chi connectivity index (χ1) is 14.0. The number of aliphatic hydroxyl groups excluding tert-OH is 1. The number of rotatable bonds is 7. The van der Waals surface area contributed by atoms with E-state index in [0.29, 0.717) is 12.2 Å². The number of amides is 1. The molecule has 1 unspecified atom stereocenters. The van der Waals surface area contributed by atoms with Gasteiger partial charge in [-0.2, -0.15) is 0 Å². The molecule has 1 atom stereocenters. The summed E-state index contributed by atoms with van der Waals surface area (Å²) in [5, 5.41) is 10.4. The zero-order valence-electron chi connectivity index (χ0n) is 16.4. The van der Waals surface area contributed by atoms with E-state index in [9.17, 15) is 19.5 Å². The summed E-state index contributed by atoms with van der Waals surface area (Å²) in [6.45, 7) is 3.92. The van der Waals surface area contributed by atoms with Crippen LogP contribution in [0, 0.1) is 0 Å². The number of carbonyl (C=O) groups is 3. The van der Waals surface area contributed by atoms with Crippen molar-refractivity contribution < 1.29 is 24.2 Å². The first kappa shape index (κ1) is 20.3. The van der Waals surface area contributed by atoms with Gasteiger partial charge in [-0.05, 0) is 30.2 Å². The Kier molecular flexibility index (Phi) is 6.12. The molecule has 1 aliphatic rings. The fourth-order valence-electron chi connectivity index (χ4n) is 3.43. The van der Waals surface area contributed by atoms with Crippen LogP contribution < -0.4 is 0 Å². The SMILES string of the molecule is CCOC(=O)c1ccc(CN2C(=O)C(O)=C(C(=O)CC)C2c2ccccc2)cc1. The van der Waals surface area contributed by atoms with Gasteiger partial charge in [-0.15, -0.1) is 0 Å². The van der Waals surface area contributed by atoms with E-state index < -0.39 is 23.7 Å². The summed E-state index contributed by atoms with van der Waals surface area (Å²) < 4.78 is 4.98. The largest absolute Gasteiger partial charge is 0.503 e. The number of Topliss-reactive ketones (excluding diaryl/α,β-unsaturated/α-hetero) is 1. The number of nitrogens with zero attached hydrogens (tertiary/aromatic N) is 1. The molecule has 1 N–H and O–H groups in total. The minimum Gasteiger partial charge on any atom is -0.503 e. The van der Waals surface area contributed by atoms with E-state index in [-0.39, 0.29) is 24.3 Å². The Bertz CT molecular complexity index is 947. The second kappa shape index (κ2) is 8.73. The summed E-state index contributed by atoms with van der Waals surface area (Å²) in [5.41, 5.74) is 2.08. The van der Waals surface area contributed by atoms with E-state index >= 15 is 0 Å². The first-order valence-electron chi connectivity index (χ1n) is 9.56. The van der Waals surface area contributed by atoms with Crippen molar-refractivity contribution in [3.63, 3.8) is 0 Å². The average molecular weight is 393 g/mol. The molecule has 0 aromatic heterocycles. The van der Waals surface area contributed by atoms with Gasteiger partial charge < -0.3 is 14.7 Å². The second-order valence-corrected chi connectivity index (χ2v) is 6.70. The van der Waals surface area contributed by atoms with Crippen LogP contribution in [0.2, 0.25) is 0 Å². The first-order valence-corrected chi connectivity index (χ1v) is 9.56. The fraction of sp³-hybridized carbons (Fsp3) is 0.261. The van der Waals surface area contributed by atoms with Crippen LogP contribution in [0.3, 0.4) is 0 Å². The average Bonchev–Trinajstić information content (AvgIpc) is 2.99. The minimum atomic E-state index is -0.652. The normalized spacial score (nSPS) is 16.3. The van der Waals surface area contributed by atoms with Crippen molar-refractivity contribution in [2.24, 2.45) is 0 Å². The van der Waals surface area contributed by atoms with Gasteiger partial charge in [-0.3, -0.25) is 9.59 Å². The van der Waals surface area contributed by atoms with Crippen LogP contribution in [-0.2, 0) is 20.9 Å². The lowest BCUT2D eigenvalue weighted by Gasteiger charge is -2.27. The van der Waals surface area contributed by atoms with E-state index in [1.807, 2.05) is 30.3 Å². The Morgan fingerprint density at radius 1 is 1.03 bits per heavy atom. The molecule has 0 aliphatic carbocycles. The molecule has 0 radical (unpaired) electrons. The summed E-state index contributed by atoms with van der Waals surface area (Å²) in [7, 11) is 0. The summed E-state index contributed by atoms with van der Waals surface area (Å²) in [6.07, 6.45) is 0.193. The molecule has 0 saturated carbocycles. The molecule has 2 aromatic rings. The van der Waals surface area contributed by atoms with Crippen LogP contribution in [0.15, 0.2) is 65.9 Å². The standard InChI is InChI=1S/C23H23NO5/c1-3-18(25)19-20(16-8-6-5-7-9-16)24(22(27)21(19)26)14-15-10-12-17(13-11-15)23(28)29-4-2/h5-13,20,26H,3-4,14H2,1-2H3. The predicted molar refractivity (Wildman–Crippen MR) is 107 cm³/mol. The lowest BCUT2D eigenvalue weighted by Crippen LogP contribution is -2.30. The van der Waals surface area contributed by atoms with Crippen molar-refractivity contribution in [2.75, 3.05) is 6.61 Å². The molecular weight excluding hydrogens is 370 g/mol. The lowest BCUT2D eigenvalue weighted by atomic mass is 9.95. The van der Waals surface area contributed by atoms with Gasteiger partial charge in [0, 0.05) is 13.0 Å². The molecule has 2 aromatic carbocycles. The zero-order chi connectivity index (χ0) is 21.0. The molecule has 0 spiro atoms. The Morgan fingerprint density at radius 3 is 2.28 bits per heavy atom. The van der Waals surface area contributed by atoms with Crippen LogP contribution in [0.4, 0.5) is 0 Å². The van der Waals surface area contributed by atoms with Crippen LogP contribution in [0.5, 0.6) is 0 Å². The van der Waals surface area contributed by atoms with Crippen LogP contribution in [0.25, 0.3) is 0 Å². The maximum absolute atomic E-state index is 12.8. The van der Waals surface area contributed by atoms with Crippen LogP contribution >= 0.6 is 0 Å². The number of ketones is 1. The third-order valence-corrected chi connectivity index (χ3v) is 4.86. The van der Waals surface area contributed by atoms with Gasteiger partial charge in [0.15, 0.2) is 11.5 Å². The predicted octanol–water partition coefficient (Wildman–Crippen LogP) is 3.74. The lowest BCUT2D eigenvalue weighted by molar-refractivity contribution is -0.130. The van der Waals surface area contributed by atoms with Crippen LogP contribution in [-0.4, -0.2) is 34.3 Å². The molecule has 150 valence electrons. The molecule has 29 heavy (non-hydrogen) atoms. The summed E-state index contributed by atoms with van der Waals surface area (Å²) >= 11 is 0. The van der Waals surface area contributed by atoms with Gasteiger partial charge in [0.05, 0.1) is 23.8 Å². The molecule has 1 aliphatic heterocycles. The fourth-order valence-corrected chi connectivity index (χ4v) is 3.43. The molecule has 1 heterocycles. The molecule has 6 nitrogen and oxygen atoms in total. The van der Waals surface area contributed by atoms with E-state index in [1.54, 1.807) is 38.1 Å². The summed E-state index contributed by atoms with van der Waals surface area (Å²) in [6, 6.07) is 15.3. The quantitative estimate of drug-likeness (QED) is 0.725. The number of carbonyl (C=O) groups excluding carboxylic acids is 3. The topological polar surface area (TPSA) is 83.9 Å². The van der Waals surface area contributed by atoms with Gasteiger partial charge in [0.2, 0.25) is 0 Å². The number of hydrogen-bond acceptors (Lipinski definition) is 5. The Labute approximate surface area is 169 Å². The van der Waals surface area contributed by atoms with E-state index in [0.717, 1.165) is 11.1 Å². The smallest absolute Gasteiger partial charge is 0.338 e. The molecule has 3 rings (SSSR count). The monoisotopic (exact) mass is 393 g/mol. The van der Waals surface area contributed by atoms with Crippen LogP contribution in [0.1, 0.15) is 47.8 Å². The van der Waals surface area contributed by atoms with Gasteiger partial charge in [0.1, 0.15) is 0 Å². The van der Waals surface area contributed by atoms with Crippen molar-refractivity contribution in [3.8, 4) is 0 Å². The second-order valence-electron chi connectivity index (χ2n) is 6.70. The number of benzene rings is 2. The number of hydrogen-bond donors (Lipinski definition) is 1. The van der Waals surface area contributed by atoms with E-state index in [1.165, 1.54) is 4.90 Å². The van der Waals surface area contributed by atoms with Crippen molar-refractivity contribution in [2.45, 2.75) is 32.9 Å². The van der Waals surface area contributed by atoms with Gasteiger partial charge in [0.25, 0.3) is 5.91 Å². The highest BCUT2D eigenvalue weighted by Gasteiger charge is 2.42. The van der Waals surface area contributed by atoms with Gasteiger partial charge >= 0.3 is 5.97 Å². The highest BCUT2D eigenvalue weighted by molar-refractivity contribution is 6.08. The number of esters is 1. The van der Waals surface area contributed by atoms with E-state index in [4.69, 9.17) is 4.74 Å². The number of ether oxygens (including phenoxy) is 1. The van der Waals surface area contributed by atoms with Crippen molar-refractivity contribution in [1.82, 2.24) is 4.90 Å². The molecular formula is C23H23NO5.